The molecule has 0 saturated heterocycles. The Morgan fingerprint density at radius 2 is 1.53 bits per heavy atom. The monoisotopic (exact) mass is 410 g/mol. The van der Waals surface area contributed by atoms with E-state index in [1.807, 2.05) is 48.0 Å². The number of methoxy groups -OCH3 is 4. The van der Waals surface area contributed by atoms with Crippen molar-refractivity contribution in [3.05, 3.63) is 54.7 Å². The lowest BCUT2D eigenvalue weighted by atomic mass is 10.1. The van der Waals surface area contributed by atoms with Crippen LogP contribution < -0.4 is 23.7 Å². The van der Waals surface area contributed by atoms with Crippen LogP contribution in [0.2, 0.25) is 0 Å². The first-order valence-electron chi connectivity index (χ1n) is 9.35. The molecule has 0 radical (unpaired) electrons. The minimum Gasteiger partial charge on any atom is -0.493 e. The van der Waals surface area contributed by atoms with E-state index in [9.17, 15) is 0 Å². The minimum absolute atomic E-state index is 0.380. The van der Waals surface area contributed by atoms with Crippen molar-refractivity contribution >= 4 is 0 Å². The van der Waals surface area contributed by atoms with Crippen molar-refractivity contribution in [1.29, 1.82) is 0 Å². The predicted molar refractivity (Wildman–Crippen MR) is 116 cm³/mol. The normalized spacial score (nSPS) is 10.4. The highest BCUT2D eigenvalue weighted by Gasteiger charge is 2.18. The molecule has 3 rings (SSSR count). The van der Waals surface area contributed by atoms with Crippen LogP contribution in [0.15, 0.2) is 49.1 Å². The zero-order valence-electron chi connectivity index (χ0n) is 17.9. The summed E-state index contributed by atoms with van der Waals surface area (Å²) in [5, 5.41) is 4.67. The second-order valence-corrected chi connectivity index (χ2v) is 6.43. The van der Waals surface area contributed by atoms with Crippen molar-refractivity contribution in [2.24, 2.45) is 0 Å². The molecular formula is C23H26N2O5. The average Bonchev–Trinajstić information content (AvgIpc) is 3.17. The number of hydrogen-bond acceptors (Lipinski definition) is 6. The first-order valence-corrected chi connectivity index (χ1v) is 9.35. The molecule has 0 N–H and O–H groups in total. The Bertz CT molecular complexity index is 1020. The fourth-order valence-corrected chi connectivity index (χ4v) is 3.19. The van der Waals surface area contributed by atoms with E-state index >= 15 is 0 Å². The molecule has 0 aliphatic carbocycles. The summed E-state index contributed by atoms with van der Waals surface area (Å²) in [6, 6.07) is 11.5. The van der Waals surface area contributed by atoms with Crippen LogP contribution in [0.4, 0.5) is 0 Å². The molecule has 0 saturated carbocycles. The van der Waals surface area contributed by atoms with Crippen LogP contribution in [-0.4, -0.2) is 44.8 Å². The Hall–Kier alpha value is -3.61. The summed E-state index contributed by atoms with van der Waals surface area (Å²) in [4.78, 5) is 0. The lowest BCUT2D eigenvalue weighted by Gasteiger charge is -2.16. The SMILES string of the molecule is C=CCOc1cc(-c2cc(C)nn2-c2cc(OC)c(OC)c(OC)c2)ccc1OC. The second kappa shape index (κ2) is 9.26. The maximum absolute atomic E-state index is 5.77. The lowest BCUT2D eigenvalue weighted by molar-refractivity contribution is 0.324. The van der Waals surface area contributed by atoms with Crippen LogP contribution in [0.1, 0.15) is 5.69 Å². The number of rotatable bonds is 9. The number of aryl methyl sites for hydroxylation is 1. The van der Waals surface area contributed by atoms with E-state index in [1.165, 1.54) is 0 Å². The van der Waals surface area contributed by atoms with E-state index in [4.69, 9.17) is 23.7 Å². The molecule has 158 valence electrons. The van der Waals surface area contributed by atoms with Crippen LogP contribution in [0, 0.1) is 6.92 Å². The van der Waals surface area contributed by atoms with E-state index in [-0.39, 0.29) is 0 Å². The molecule has 1 heterocycles. The number of ether oxygens (including phenoxy) is 5. The van der Waals surface area contributed by atoms with Crippen molar-refractivity contribution in [3.8, 4) is 45.7 Å². The molecule has 1 aromatic heterocycles. The van der Waals surface area contributed by atoms with Crippen molar-refractivity contribution in [3.63, 3.8) is 0 Å². The highest BCUT2D eigenvalue weighted by atomic mass is 16.5. The van der Waals surface area contributed by atoms with Gasteiger partial charge in [0, 0.05) is 17.7 Å². The zero-order chi connectivity index (χ0) is 21.7. The van der Waals surface area contributed by atoms with Gasteiger partial charge in [-0.15, -0.1) is 0 Å². The molecule has 3 aromatic rings. The van der Waals surface area contributed by atoms with Gasteiger partial charge in [0.15, 0.2) is 23.0 Å². The molecule has 0 spiro atoms. The standard InChI is InChI=1S/C23H26N2O5/c1-7-10-30-20-12-16(8-9-19(20)26-3)18-11-15(2)24-25(18)17-13-21(27-4)23(29-6)22(14-17)28-5/h7-9,11-14H,1,10H2,2-6H3. The van der Waals surface area contributed by atoms with Gasteiger partial charge in [-0.05, 0) is 31.2 Å². The fraction of sp³-hybridized carbons (Fsp3) is 0.261. The lowest BCUT2D eigenvalue weighted by Crippen LogP contribution is -2.03. The third-order valence-corrected chi connectivity index (χ3v) is 4.54. The third kappa shape index (κ3) is 4.05. The molecule has 0 amide bonds. The largest absolute Gasteiger partial charge is 0.493 e. The molecule has 30 heavy (non-hydrogen) atoms. The topological polar surface area (TPSA) is 64.0 Å². The van der Waals surface area contributed by atoms with Crippen molar-refractivity contribution in [2.75, 3.05) is 35.0 Å². The minimum atomic E-state index is 0.380. The van der Waals surface area contributed by atoms with Gasteiger partial charge < -0.3 is 23.7 Å². The summed E-state index contributed by atoms with van der Waals surface area (Å²) in [6.07, 6.45) is 1.69. The van der Waals surface area contributed by atoms with Crippen LogP contribution in [0.3, 0.4) is 0 Å². The Morgan fingerprint density at radius 1 is 0.867 bits per heavy atom. The summed E-state index contributed by atoms with van der Waals surface area (Å²) in [6.45, 7) is 6.02. The molecule has 0 bridgehead atoms. The second-order valence-electron chi connectivity index (χ2n) is 6.43. The highest BCUT2D eigenvalue weighted by molar-refractivity contribution is 5.68. The van der Waals surface area contributed by atoms with E-state index in [1.54, 1.807) is 34.5 Å². The smallest absolute Gasteiger partial charge is 0.203 e. The maximum atomic E-state index is 5.77. The highest BCUT2D eigenvalue weighted by Crippen LogP contribution is 2.40. The molecular weight excluding hydrogens is 384 g/mol. The molecule has 7 heteroatoms. The Balaban J connectivity index is 2.15. The molecule has 0 fully saturated rings. The zero-order valence-corrected chi connectivity index (χ0v) is 17.9. The number of aromatic nitrogens is 2. The van der Waals surface area contributed by atoms with E-state index in [0.717, 1.165) is 22.6 Å². The van der Waals surface area contributed by atoms with Gasteiger partial charge in [-0.2, -0.15) is 5.10 Å². The number of hydrogen-bond donors (Lipinski definition) is 0. The molecule has 2 aromatic carbocycles. The Morgan fingerprint density at radius 3 is 2.10 bits per heavy atom. The summed E-state index contributed by atoms with van der Waals surface area (Å²) in [5.41, 5.74) is 3.44. The van der Waals surface area contributed by atoms with Gasteiger partial charge in [-0.3, -0.25) is 0 Å². The van der Waals surface area contributed by atoms with Gasteiger partial charge in [0.2, 0.25) is 5.75 Å². The maximum Gasteiger partial charge on any atom is 0.203 e. The summed E-state index contributed by atoms with van der Waals surface area (Å²) in [7, 11) is 6.36. The molecule has 0 unspecified atom stereocenters. The van der Waals surface area contributed by atoms with Gasteiger partial charge in [0.05, 0.1) is 45.5 Å². The summed E-state index contributed by atoms with van der Waals surface area (Å²) in [5.74, 6) is 2.91. The molecule has 0 aliphatic heterocycles. The van der Waals surface area contributed by atoms with Crippen molar-refractivity contribution in [2.45, 2.75) is 6.92 Å². The summed E-state index contributed by atoms with van der Waals surface area (Å²) >= 11 is 0. The Kier molecular flexibility index (Phi) is 6.51. The fourth-order valence-electron chi connectivity index (χ4n) is 3.19. The quantitative estimate of drug-likeness (QED) is 0.486. The van der Waals surface area contributed by atoms with Gasteiger partial charge >= 0.3 is 0 Å². The van der Waals surface area contributed by atoms with Crippen LogP contribution in [-0.2, 0) is 0 Å². The van der Waals surface area contributed by atoms with E-state index in [0.29, 0.717) is 35.4 Å². The first kappa shape index (κ1) is 21.1. The van der Waals surface area contributed by atoms with Crippen LogP contribution in [0.25, 0.3) is 16.9 Å². The first-order chi connectivity index (χ1) is 14.6. The van der Waals surface area contributed by atoms with Crippen LogP contribution in [0.5, 0.6) is 28.7 Å². The molecule has 0 aliphatic rings. The molecule has 0 atom stereocenters. The summed E-state index contributed by atoms with van der Waals surface area (Å²) < 4.78 is 29.4. The Labute approximate surface area is 176 Å². The van der Waals surface area contributed by atoms with Crippen LogP contribution >= 0.6 is 0 Å². The average molecular weight is 410 g/mol. The number of benzene rings is 2. The van der Waals surface area contributed by atoms with Gasteiger partial charge in [0.1, 0.15) is 6.61 Å². The van der Waals surface area contributed by atoms with Gasteiger partial charge in [-0.1, -0.05) is 12.7 Å². The van der Waals surface area contributed by atoms with Gasteiger partial charge in [-0.25, -0.2) is 4.68 Å². The van der Waals surface area contributed by atoms with E-state index < -0.39 is 0 Å². The number of nitrogens with zero attached hydrogens (tertiary/aromatic N) is 2. The van der Waals surface area contributed by atoms with Crippen molar-refractivity contribution in [1.82, 2.24) is 9.78 Å². The third-order valence-electron chi connectivity index (χ3n) is 4.54. The molecule has 7 nitrogen and oxygen atoms in total. The van der Waals surface area contributed by atoms with E-state index in [2.05, 4.69) is 11.7 Å². The van der Waals surface area contributed by atoms with Crippen molar-refractivity contribution < 1.29 is 23.7 Å². The predicted octanol–water partition coefficient (Wildman–Crippen LogP) is 4.45. The van der Waals surface area contributed by atoms with Gasteiger partial charge in [0.25, 0.3) is 0 Å².